The number of nitrogens with one attached hydrogen (secondary N) is 2. The minimum absolute atomic E-state index is 0.0509. The zero-order chi connectivity index (χ0) is 39.8. The second-order valence-electron chi connectivity index (χ2n) is 15.1. The molecule has 13 nitrogen and oxygen atoms in total. The lowest BCUT2D eigenvalue weighted by Gasteiger charge is -2.32. The number of hydrogen-bond acceptors (Lipinski definition) is 10. The third kappa shape index (κ3) is 10.9. The fourth-order valence-electron chi connectivity index (χ4n) is 7.04. The molecule has 0 spiro atoms. The maximum Gasteiger partial charge on any atom is 0.315 e. The van der Waals surface area contributed by atoms with Crippen LogP contribution in [0.15, 0.2) is 54.9 Å². The van der Waals surface area contributed by atoms with Gasteiger partial charge in [-0.2, -0.15) is 0 Å². The molecule has 304 valence electrons. The Balaban J connectivity index is 0.916. The molecule has 2 heterocycles. The smallest absolute Gasteiger partial charge is 0.315 e. The first kappa shape index (κ1) is 42.1. The molecule has 0 unspecified atom stereocenters. The highest BCUT2D eigenvalue weighted by atomic mass is 35.5. The number of benzene rings is 2. The molecule has 1 aromatic heterocycles. The van der Waals surface area contributed by atoms with Crippen molar-refractivity contribution in [2.45, 2.75) is 113 Å². The number of aliphatic hydroxyl groups is 5. The number of carbonyl (C=O) groups excluding carboxylic acids is 2. The van der Waals surface area contributed by atoms with E-state index in [-0.39, 0.29) is 24.6 Å². The van der Waals surface area contributed by atoms with Gasteiger partial charge in [-0.3, -0.25) is 9.78 Å². The SMILES string of the molecule is O=C(NC[C@H](O)[C@@H](O)[C@H](O)[C@H](O)CO)NC1CCN(C(=O)CCCCc2cc(Cl)c(COC3(c4cnccc4-c4ccccc4OC4CC4)CC3)cc2Cl)CC1. The predicted octanol–water partition coefficient (Wildman–Crippen LogP) is 4.24. The number of likely N-dealkylation sites (tertiary alicyclic amines) is 1. The van der Waals surface area contributed by atoms with Crippen LogP contribution in [0, 0.1) is 0 Å². The first-order chi connectivity index (χ1) is 27.0. The highest BCUT2D eigenvalue weighted by Gasteiger charge is 2.48. The number of aryl methyl sites for hydroxylation is 1. The van der Waals surface area contributed by atoms with Gasteiger partial charge in [-0.05, 0) is 98.7 Å². The number of halogens is 2. The zero-order valence-electron chi connectivity index (χ0n) is 31.3. The Morgan fingerprint density at radius 1 is 0.911 bits per heavy atom. The van der Waals surface area contributed by atoms with Crippen molar-refractivity contribution in [3.8, 4) is 16.9 Å². The summed E-state index contributed by atoms with van der Waals surface area (Å²) in [6.07, 6.45) is 4.80. The Morgan fingerprint density at radius 3 is 2.32 bits per heavy atom. The molecular weight excluding hydrogens is 763 g/mol. The summed E-state index contributed by atoms with van der Waals surface area (Å²) in [4.78, 5) is 31.5. The topological polar surface area (TPSA) is 194 Å². The zero-order valence-corrected chi connectivity index (χ0v) is 32.8. The Labute approximate surface area is 336 Å². The number of rotatable bonds is 19. The van der Waals surface area contributed by atoms with Crippen LogP contribution in [-0.4, -0.2) is 110 Å². The van der Waals surface area contributed by atoms with Crippen molar-refractivity contribution in [1.29, 1.82) is 0 Å². The number of pyridine rings is 1. The largest absolute Gasteiger partial charge is 0.490 e. The van der Waals surface area contributed by atoms with E-state index in [4.69, 9.17) is 37.8 Å². The number of carbonyl (C=O) groups is 2. The summed E-state index contributed by atoms with van der Waals surface area (Å²) >= 11 is 13.5. The highest BCUT2D eigenvalue weighted by Crippen LogP contribution is 2.53. The molecule has 3 aliphatic rings. The summed E-state index contributed by atoms with van der Waals surface area (Å²) in [5.74, 6) is 0.929. The average molecular weight is 816 g/mol. The molecule has 4 atom stereocenters. The van der Waals surface area contributed by atoms with E-state index in [1.54, 1.807) is 11.1 Å². The van der Waals surface area contributed by atoms with Gasteiger partial charge in [0.05, 0.1) is 31.0 Å². The highest BCUT2D eigenvalue weighted by molar-refractivity contribution is 6.34. The van der Waals surface area contributed by atoms with Gasteiger partial charge in [-0.15, -0.1) is 0 Å². The van der Waals surface area contributed by atoms with E-state index in [0.29, 0.717) is 61.8 Å². The number of para-hydroxylation sites is 1. The Morgan fingerprint density at radius 2 is 1.61 bits per heavy atom. The van der Waals surface area contributed by atoms with Gasteiger partial charge in [0.15, 0.2) is 0 Å². The number of ether oxygens (including phenoxy) is 2. The second-order valence-corrected chi connectivity index (χ2v) is 15.9. The summed E-state index contributed by atoms with van der Waals surface area (Å²) in [6.45, 7) is 0.117. The minimum Gasteiger partial charge on any atom is -0.490 e. The van der Waals surface area contributed by atoms with E-state index in [9.17, 15) is 30.0 Å². The van der Waals surface area contributed by atoms with Crippen LogP contribution in [0.5, 0.6) is 5.75 Å². The van der Waals surface area contributed by atoms with Crippen molar-refractivity contribution in [2.75, 3.05) is 26.2 Å². The molecule has 2 saturated carbocycles. The van der Waals surface area contributed by atoms with Gasteiger partial charge < -0.3 is 50.5 Å². The van der Waals surface area contributed by atoms with Crippen LogP contribution in [-0.2, 0) is 28.2 Å². The summed E-state index contributed by atoms with van der Waals surface area (Å²) in [5.41, 5.74) is 4.40. The lowest BCUT2D eigenvalue weighted by atomic mass is 9.96. The van der Waals surface area contributed by atoms with Crippen molar-refractivity contribution >= 4 is 35.1 Å². The van der Waals surface area contributed by atoms with Gasteiger partial charge in [0.25, 0.3) is 0 Å². The molecule has 7 N–H and O–H groups in total. The minimum atomic E-state index is -1.77. The number of nitrogens with zero attached hydrogens (tertiary/aromatic N) is 2. The lowest BCUT2D eigenvalue weighted by Crippen LogP contribution is -2.53. The molecular formula is C41H52Cl2N4O9. The molecule has 56 heavy (non-hydrogen) atoms. The maximum atomic E-state index is 12.9. The molecule has 3 amide bonds. The predicted molar refractivity (Wildman–Crippen MR) is 210 cm³/mol. The van der Waals surface area contributed by atoms with Crippen LogP contribution < -0.4 is 15.4 Å². The summed E-state index contributed by atoms with van der Waals surface area (Å²) < 4.78 is 12.8. The number of unbranched alkanes of at least 4 members (excludes halogenated alkanes) is 1. The molecule has 2 aliphatic carbocycles. The third-order valence-electron chi connectivity index (χ3n) is 10.8. The van der Waals surface area contributed by atoms with Crippen LogP contribution in [0.3, 0.4) is 0 Å². The van der Waals surface area contributed by atoms with Gasteiger partial charge in [-0.1, -0.05) is 41.4 Å². The lowest BCUT2D eigenvalue weighted by molar-refractivity contribution is -0.132. The van der Waals surface area contributed by atoms with E-state index in [2.05, 4.69) is 21.7 Å². The Hall–Kier alpha value is -3.53. The molecule has 0 radical (unpaired) electrons. The summed E-state index contributed by atoms with van der Waals surface area (Å²) in [6, 6.07) is 13.2. The van der Waals surface area contributed by atoms with Crippen molar-refractivity contribution < 1.29 is 44.6 Å². The fourth-order valence-corrected chi connectivity index (χ4v) is 7.56. The standard InChI is InChI=1S/C41H52Cl2N4O9/c42-32-20-26(24-55-41(14-15-41)31-21-44-16-11-29(31)30-6-2-3-7-36(30)56-28-9-10-28)33(43)19-25(32)5-1-4-8-37(51)47-17-12-27(13-18-47)46-40(54)45-22-34(49)38(52)39(53)35(50)23-48/h2-3,6-7,11,16,19-21,27-28,34-35,38-39,48-50,52-53H,1,4-5,8-10,12-15,17-18,22-24H2,(H2,45,46,54)/t34-,35+,38+,39+/m0/s1. The molecule has 6 rings (SSSR count). The number of urea groups is 1. The average Bonchev–Trinajstić information content (AvgIpc) is 4.16. The van der Waals surface area contributed by atoms with Crippen molar-refractivity contribution in [2.24, 2.45) is 0 Å². The van der Waals surface area contributed by atoms with Crippen LogP contribution in [0.2, 0.25) is 10.0 Å². The number of amides is 3. The van der Waals surface area contributed by atoms with Crippen LogP contribution in [0.25, 0.3) is 11.1 Å². The Kier molecular flexibility index (Phi) is 14.5. The summed E-state index contributed by atoms with van der Waals surface area (Å²) in [5, 5.41) is 54.4. The fraction of sp³-hybridized carbons (Fsp3) is 0.537. The second kappa shape index (κ2) is 19.3. The van der Waals surface area contributed by atoms with E-state index in [1.807, 2.05) is 42.6 Å². The van der Waals surface area contributed by atoms with E-state index in [1.165, 1.54) is 0 Å². The number of aliphatic hydroxyl groups excluding tert-OH is 5. The van der Waals surface area contributed by atoms with E-state index < -0.39 is 42.7 Å². The van der Waals surface area contributed by atoms with Gasteiger partial charge in [-0.25, -0.2) is 4.79 Å². The first-order valence-electron chi connectivity index (χ1n) is 19.4. The molecule has 3 aromatic rings. The number of hydrogen-bond donors (Lipinski definition) is 7. The van der Waals surface area contributed by atoms with Gasteiger partial charge >= 0.3 is 6.03 Å². The number of piperidine rings is 1. The Bertz CT molecular complexity index is 1800. The molecule has 3 fully saturated rings. The van der Waals surface area contributed by atoms with E-state index in [0.717, 1.165) is 65.7 Å². The van der Waals surface area contributed by atoms with Crippen molar-refractivity contribution in [3.05, 3.63) is 81.6 Å². The molecule has 2 aromatic carbocycles. The van der Waals surface area contributed by atoms with Gasteiger partial charge in [0.2, 0.25) is 5.91 Å². The molecule has 1 aliphatic heterocycles. The maximum absolute atomic E-state index is 12.9. The quantitative estimate of drug-likeness (QED) is 0.0862. The normalized spacial score (nSPS) is 18.8. The van der Waals surface area contributed by atoms with Crippen molar-refractivity contribution in [1.82, 2.24) is 20.5 Å². The van der Waals surface area contributed by atoms with Crippen molar-refractivity contribution in [3.63, 3.8) is 0 Å². The molecule has 0 bridgehead atoms. The number of aromatic nitrogens is 1. The molecule has 1 saturated heterocycles. The first-order valence-corrected chi connectivity index (χ1v) is 20.2. The van der Waals surface area contributed by atoms with Crippen LogP contribution >= 0.6 is 23.2 Å². The van der Waals surface area contributed by atoms with Gasteiger partial charge in [0.1, 0.15) is 24.1 Å². The monoisotopic (exact) mass is 814 g/mol. The third-order valence-corrected chi connectivity index (χ3v) is 11.5. The van der Waals surface area contributed by atoms with E-state index >= 15 is 0 Å². The van der Waals surface area contributed by atoms with Crippen LogP contribution in [0.1, 0.15) is 74.5 Å². The van der Waals surface area contributed by atoms with Crippen LogP contribution in [0.4, 0.5) is 4.79 Å². The summed E-state index contributed by atoms with van der Waals surface area (Å²) in [7, 11) is 0. The molecule has 15 heteroatoms. The van der Waals surface area contributed by atoms with Gasteiger partial charge in [0, 0.05) is 65.7 Å².